The summed E-state index contributed by atoms with van der Waals surface area (Å²) < 4.78 is 7.67. The molecule has 0 aliphatic heterocycles. The molecule has 5 nitrogen and oxygen atoms in total. The normalized spacial score (nSPS) is 11.7. The smallest absolute Gasteiger partial charge is 0.261 e. The highest BCUT2D eigenvalue weighted by atomic mass is 79.9. The van der Waals surface area contributed by atoms with E-state index in [2.05, 4.69) is 44.1 Å². The van der Waals surface area contributed by atoms with Crippen molar-refractivity contribution in [3.63, 3.8) is 0 Å². The van der Waals surface area contributed by atoms with E-state index in [0.717, 1.165) is 26.5 Å². The molecule has 1 atom stereocenters. The molecule has 1 N–H and O–H groups in total. The first-order chi connectivity index (χ1) is 17.3. The zero-order valence-electron chi connectivity index (χ0n) is 20.8. The van der Waals surface area contributed by atoms with Crippen molar-refractivity contribution in [2.24, 2.45) is 0 Å². The second-order valence-corrected chi connectivity index (χ2v) is 10.7. The van der Waals surface area contributed by atoms with Crippen LogP contribution in [0.1, 0.15) is 37.5 Å². The van der Waals surface area contributed by atoms with Crippen molar-refractivity contribution < 1.29 is 14.3 Å². The largest absolute Gasteiger partial charge is 0.483 e. The van der Waals surface area contributed by atoms with Gasteiger partial charge in [0.25, 0.3) is 5.91 Å². The molecule has 0 bridgehead atoms. The lowest BCUT2D eigenvalue weighted by molar-refractivity contribution is -0.143. The number of rotatable bonds is 11. The number of benzene rings is 3. The highest BCUT2D eigenvalue weighted by molar-refractivity contribution is 9.10. The van der Waals surface area contributed by atoms with Crippen LogP contribution in [0, 0.1) is 0 Å². The molecule has 0 radical (unpaired) electrons. The third kappa shape index (κ3) is 8.20. The molecule has 0 fully saturated rings. The van der Waals surface area contributed by atoms with Gasteiger partial charge in [0.15, 0.2) is 6.61 Å². The van der Waals surface area contributed by atoms with Gasteiger partial charge in [-0.15, -0.1) is 0 Å². The number of carbonyl (C=O) groups is 2. The van der Waals surface area contributed by atoms with Gasteiger partial charge in [-0.1, -0.05) is 71.4 Å². The number of amides is 2. The van der Waals surface area contributed by atoms with Crippen LogP contribution in [-0.2, 0) is 29.0 Å². The molecule has 0 spiro atoms. The van der Waals surface area contributed by atoms with Crippen molar-refractivity contribution in [2.75, 3.05) is 6.61 Å². The van der Waals surface area contributed by atoms with Crippen molar-refractivity contribution in [3.05, 3.63) is 98.4 Å². The van der Waals surface area contributed by atoms with Gasteiger partial charge in [0.05, 0.1) is 4.47 Å². The van der Waals surface area contributed by atoms with E-state index in [1.165, 1.54) is 5.56 Å². The summed E-state index contributed by atoms with van der Waals surface area (Å²) in [4.78, 5) is 28.7. The van der Waals surface area contributed by atoms with Gasteiger partial charge < -0.3 is 15.0 Å². The van der Waals surface area contributed by atoms with E-state index in [9.17, 15) is 9.59 Å². The fourth-order valence-electron chi connectivity index (χ4n) is 3.82. The minimum atomic E-state index is -0.694. The molecule has 0 aliphatic carbocycles. The van der Waals surface area contributed by atoms with Gasteiger partial charge in [-0.3, -0.25) is 9.59 Å². The Morgan fingerprint density at radius 1 is 0.917 bits per heavy atom. The Hall–Kier alpha value is -2.64. The van der Waals surface area contributed by atoms with E-state index in [1.807, 2.05) is 86.6 Å². The van der Waals surface area contributed by atoms with E-state index in [-0.39, 0.29) is 31.0 Å². The average molecular weight is 616 g/mol. The van der Waals surface area contributed by atoms with Crippen LogP contribution in [0.2, 0.25) is 0 Å². The predicted octanol–water partition coefficient (Wildman–Crippen LogP) is 6.32. The maximum Gasteiger partial charge on any atom is 0.261 e. The van der Waals surface area contributed by atoms with Crippen LogP contribution in [0.15, 0.2) is 81.7 Å². The van der Waals surface area contributed by atoms with Gasteiger partial charge >= 0.3 is 0 Å². The summed E-state index contributed by atoms with van der Waals surface area (Å²) in [5.41, 5.74) is 3.08. The second kappa shape index (κ2) is 13.6. The summed E-state index contributed by atoms with van der Waals surface area (Å²) in [6.45, 7) is 6.02. The highest BCUT2D eigenvalue weighted by Crippen LogP contribution is 2.26. The van der Waals surface area contributed by atoms with Crippen molar-refractivity contribution >= 4 is 43.7 Å². The molecule has 7 heteroatoms. The summed E-state index contributed by atoms with van der Waals surface area (Å²) in [5.74, 6) is 0.146. The Labute approximate surface area is 230 Å². The van der Waals surface area contributed by atoms with Gasteiger partial charge in [0.2, 0.25) is 5.91 Å². The summed E-state index contributed by atoms with van der Waals surface area (Å²) in [6, 6.07) is 22.6. The van der Waals surface area contributed by atoms with Crippen LogP contribution in [0.25, 0.3) is 0 Å². The van der Waals surface area contributed by atoms with Crippen molar-refractivity contribution in [3.8, 4) is 5.75 Å². The van der Waals surface area contributed by atoms with E-state index in [1.54, 1.807) is 4.90 Å². The molecule has 3 rings (SSSR count). The zero-order valence-corrected chi connectivity index (χ0v) is 24.0. The van der Waals surface area contributed by atoms with E-state index >= 15 is 0 Å². The van der Waals surface area contributed by atoms with Gasteiger partial charge in [0, 0.05) is 23.5 Å². The van der Waals surface area contributed by atoms with Gasteiger partial charge in [-0.05, 0) is 77.2 Å². The van der Waals surface area contributed by atoms with Crippen LogP contribution < -0.4 is 10.1 Å². The van der Waals surface area contributed by atoms with Crippen LogP contribution in [0.3, 0.4) is 0 Å². The van der Waals surface area contributed by atoms with Gasteiger partial charge in [-0.2, -0.15) is 0 Å². The molecular weight excluding hydrogens is 584 g/mol. The third-order valence-electron chi connectivity index (χ3n) is 5.72. The molecule has 36 heavy (non-hydrogen) atoms. The molecule has 190 valence electrons. The maximum absolute atomic E-state index is 13.6. The number of ether oxygens (including phenoxy) is 1. The van der Waals surface area contributed by atoms with Crippen LogP contribution in [0.4, 0.5) is 0 Å². The van der Waals surface area contributed by atoms with Crippen molar-refractivity contribution in [1.29, 1.82) is 0 Å². The molecule has 0 aliphatic rings. The summed E-state index contributed by atoms with van der Waals surface area (Å²) in [5, 5.41) is 3.00. The summed E-state index contributed by atoms with van der Waals surface area (Å²) in [6.07, 6.45) is 1.31. The second-order valence-electron chi connectivity index (χ2n) is 8.92. The number of hydrogen-bond acceptors (Lipinski definition) is 3. The molecular formula is C29H32Br2N2O3. The lowest BCUT2D eigenvalue weighted by Crippen LogP contribution is -2.52. The Morgan fingerprint density at radius 2 is 1.58 bits per heavy atom. The summed E-state index contributed by atoms with van der Waals surface area (Å²) >= 11 is 7.00. The van der Waals surface area contributed by atoms with Crippen molar-refractivity contribution in [2.45, 2.75) is 52.2 Å². The fraction of sp³-hybridized carbons (Fsp3) is 0.310. The lowest BCUT2D eigenvalue weighted by atomic mass is 10.0. The van der Waals surface area contributed by atoms with Crippen molar-refractivity contribution in [1.82, 2.24) is 10.2 Å². The molecule has 0 saturated carbocycles. The van der Waals surface area contributed by atoms with Crippen LogP contribution in [-0.4, -0.2) is 35.4 Å². The monoisotopic (exact) mass is 614 g/mol. The highest BCUT2D eigenvalue weighted by Gasteiger charge is 2.31. The predicted molar refractivity (Wildman–Crippen MR) is 151 cm³/mol. The molecule has 0 unspecified atom stereocenters. The molecule has 3 aromatic carbocycles. The van der Waals surface area contributed by atoms with E-state index in [0.29, 0.717) is 12.2 Å². The number of nitrogens with one attached hydrogen (secondary N) is 1. The number of hydrogen-bond donors (Lipinski definition) is 1. The van der Waals surface area contributed by atoms with Crippen LogP contribution in [0.5, 0.6) is 5.75 Å². The van der Waals surface area contributed by atoms with Gasteiger partial charge in [-0.25, -0.2) is 0 Å². The standard InChI is InChI=1S/C29H32Br2N2O3/c1-4-21-12-15-27(25(31)16-21)36-19-28(34)33(18-23-10-13-24(30)14-11-23)26(29(35)32-20(2)3)17-22-8-6-5-7-9-22/h5-16,20,26H,4,17-19H2,1-3H3,(H,32,35)/t26-/m0/s1. The average Bonchev–Trinajstić information content (AvgIpc) is 2.86. The fourth-order valence-corrected chi connectivity index (χ4v) is 4.63. The van der Waals surface area contributed by atoms with E-state index in [4.69, 9.17) is 4.74 Å². The zero-order chi connectivity index (χ0) is 26.1. The summed E-state index contributed by atoms with van der Waals surface area (Å²) in [7, 11) is 0. The topological polar surface area (TPSA) is 58.6 Å². The number of nitrogens with zero attached hydrogens (tertiary/aromatic N) is 1. The lowest BCUT2D eigenvalue weighted by Gasteiger charge is -2.32. The Balaban J connectivity index is 1.90. The number of carbonyl (C=O) groups excluding carboxylic acids is 2. The molecule has 3 aromatic rings. The first kappa shape index (κ1) is 27.9. The van der Waals surface area contributed by atoms with E-state index < -0.39 is 6.04 Å². The third-order valence-corrected chi connectivity index (χ3v) is 6.87. The van der Waals surface area contributed by atoms with Crippen LogP contribution >= 0.6 is 31.9 Å². The SMILES string of the molecule is CCc1ccc(OCC(=O)N(Cc2ccc(Br)cc2)[C@@H](Cc2ccccc2)C(=O)NC(C)C)c(Br)c1. The molecule has 0 aromatic heterocycles. The molecule has 2 amide bonds. The minimum absolute atomic E-state index is 0.0512. The first-order valence-corrected chi connectivity index (χ1v) is 13.6. The van der Waals surface area contributed by atoms with Gasteiger partial charge in [0.1, 0.15) is 11.8 Å². The minimum Gasteiger partial charge on any atom is -0.483 e. The Morgan fingerprint density at radius 3 is 2.19 bits per heavy atom. The quantitative estimate of drug-likeness (QED) is 0.275. The number of aryl methyl sites for hydroxylation is 1. The maximum atomic E-state index is 13.6. The Bertz CT molecular complexity index is 1150. The first-order valence-electron chi connectivity index (χ1n) is 12.1. The molecule has 0 saturated heterocycles. The Kier molecular flexibility index (Phi) is 10.6. The number of halogens is 2. The molecule has 0 heterocycles.